The van der Waals surface area contributed by atoms with E-state index in [1.54, 1.807) is 12.2 Å². The number of piperidine rings is 1. The van der Waals surface area contributed by atoms with Crippen molar-refractivity contribution in [2.75, 3.05) is 19.6 Å². The van der Waals surface area contributed by atoms with Gasteiger partial charge in [-0.05, 0) is 44.2 Å². The molecular formula is C16H17N3O. The number of allylic oxidation sites excluding steroid dienone is 5. The van der Waals surface area contributed by atoms with Crippen molar-refractivity contribution in [2.24, 2.45) is 4.99 Å². The van der Waals surface area contributed by atoms with Crippen LogP contribution in [0.3, 0.4) is 0 Å². The molecule has 4 heteroatoms. The van der Waals surface area contributed by atoms with Gasteiger partial charge in [0.05, 0.1) is 17.0 Å². The zero-order chi connectivity index (χ0) is 13.5. The van der Waals surface area contributed by atoms with Gasteiger partial charge in [0.25, 0.3) is 0 Å². The average Bonchev–Trinajstić information content (AvgIpc) is 2.87. The summed E-state index contributed by atoms with van der Waals surface area (Å²) in [4.78, 5) is 19.0. The van der Waals surface area contributed by atoms with Gasteiger partial charge in [-0.25, -0.2) is 4.99 Å². The first-order chi connectivity index (χ1) is 9.83. The molecule has 0 unspecified atom stereocenters. The van der Waals surface area contributed by atoms with Gasteiger partial charge in [0.1, 0.15) is 0 Å². The Labute approximate surface area is 118 Å². The molecule has 0 atom stereocenters. The number of carbonyl (C=O) groups is 1. The molecule has 4 aliphatic rings. The molecule has 3 aliphatic heterocycles. The van der Waals surface area contributed by atoms with Crippen LogP contribution in [0.15, 0.2) is 52.3 Å². The summed E-state index contributed by atoms with van der Waals surface area (Å²) in [6, 6.07) is 0.574. The summed E-state index contributed by atoms with van der Waals surface area (Å²) in [6.45, 7) is 2.97. The SMILES string of the molecule is O=C1C=CC=C2N=C3C=CN(C4CCNCC4)CC3=C12. The minimum absolute atomic E-state index is 0.0943. The molecule has 1 N–H and O–H groups in total. The summed E-state index contributed by atoms with van der Waals surface area (Å²) >= 11 is 0. The van der Waals surface area contributed by atoms with E-state index in [9.17, 15) is 4.79 Å². The van der Waals surface area contributed by atoms with E-state index in [2.05, 4.69) is 27.5 Å². The Morgan fingerprint density at radius 3 is 2.95 bits per heavy atom. The number of hydrogen-bond donors (Lipinski definition) is 1. The van der Waals surface area contributed by atoms with Crippen molar-refractivity contribution in [3.8, 4) is 0 Å². The lowest BCUT2D eigenvalue weighted by Gasteiger charge is -2.36. The highest BCUT2D eigenvalue weighted by molar-refractivity contribution is 6.22. The van der Waals surface area contributed by atoms with E-state index in [-0.39, 0.29) is 5.78 Å². The number of hydrogen-bond acceptors (Lipinski definition) is 4. The van der Waals surface area contributed by atoms with Crippen molar-refractivity contribution in [3.05, 3.63) is 47.3 Å². The first-order valence-corrected chi connectivity index (χ1v) is 7.23. The first-order valence-electron chi connectivity index (χ1n) is 7.23. The van der Waals surface area contributed by atoms with E-state index in [0.717, 1.165) is 55.0 Å². The van der Waals surface area contributed by atoms with Crippen LogP contribution in [0.4, 0.5) is 0 Å². The van der Waals surface area contributed by atoms with E-state index in [4.69, 9.17) is 0 Å². The van der Waals surface area contributed by atoms with Crippen LogP contribution in [0.25, 0.3) is 0 Å². The lowest BCUT2D eigenvalue weighted by Crippen LogP contribution is -2.43. The monoisotopic (exact) mass is 267 g/mol. The van der Waals surface area contributed by atoms with Gasteiger partial charge in [-0.3, -0.25) is 4.79 Å². The minimum atomic E-state index is 0.0943. The summed E-state index contributed by atoms with van der Waals surface area (Å²) in [6.07, 6.45) is 11.9. The molecular weight excluding hydrogens is 250 g/mol. The lowest BCUT2D eigenvalue weighted by molar-refractivity contribution is -0.111. The maximum atomic E-state index is 12.1. The van der Waals surface area contributed by atoms with Gasteiger partial charge >= 0.3 is 0 Å². The van der Waals surface area contributed by atoms with E-state index < -0.39 is 0 Å². The molecule has 0 amide bonds. The van der Waals surface area contributed by atoms with Gasteiger partial charge in [-0.1, -0.05) is 6.08 Å². The Balaban J connectivity index is 1.66. The molecule has 4 rings (SSSR count). The molecule has 0 saturated carbocycles. The van der Waals surface area contributed by atoms with Crippen molar-refractivity contribution < 1.29 is 4.79 Å². The third kappa shape index (κ3) is 1.79. The fraction of sp³-hybridized carbons (Fsp3) is 0.375. The summed E-state index contributed by atoms with van der Waals surface area (Å²) in [5.74, 6) is 0.0943. The third-order valence-corrected chi connectivity index (χ3v) is 4.40. The largest absolute Gasteiger partial charge is 0.370 e. The maximum Gasteiger partial charge on any atom is 0.188 e. The molecule has 0 bridgehead atoms. The average molecular weight is 267 g/mol. The third-order valence-electron chi connectivity index (χ3n) is 4.40. The Kier molecular flexibility index (Phi) is 2.70. The quantitative estimate of drug-likeness (QED) is 0.780. The predicted molar refractivity (Wildman–Crippen MR) is 78.4 cm³/mol. The smallest absolute Gasteiger partial charge is 0.188 e. The van der Waals surface area contributed by atoms with Crippen LogP contribution in [0.2, 0.25) is 0 Å². The van der Waals surface area contributed by atoms with Crippen LogP contribution < -0.4 is 5.32 Å². The molecule has 0 aromatic carbocycles. The molecule has 0 radical (unpaired) electrons. The Morgan fingerprint density at radius 2 is 2.10 bits per heavy atom. The van der Waals surface area contributed by atoms with E-state index >= 15 is 0 Å². The van der Waals surface area contributed by atoms with Crippen LogP contribution in [0, 0.1) is 0 Å². The lowest BCUT2D eigenvalue weighted by atomic mass is 9.94. The van der Waals surface area contributed by atoms with Gasteiger partial charge in [-0.2, -0.15) is 0 Å². The van der Waals surface area contributed by atoms with Crippen molar-refractivity contribution in [3.63, 3.8) is 0 Å². The van der Waals surface area contributed by atoms with Gasteiger partial charge in [0.15, 0.2) is 5.78 Å². The van der Waals surface area contributed by atoms with Crippen LogP contribution >= 0.6 is 0 Å². The fourth-order valence-electron chi connectivity index (χ4n) is 3.33. The zero-order valence-electron chi connectivity index (χ0n) is 11.3. The van der Waals surface area contributed by atoms with Crippen molar-refractivity contribution >= 4 is 11.5 Å². The highest BCUT2D eigenvalue weighted by Crippen LogP contribution is 2.33. The molecule has 1 fully saturated rings. The molecule has 0 aromatic heterocycles. The molecule has 0 spiro atoms. The second-order valence-corrected chi connectivity index (χ2v) is 5.60. The van der Waals surface area contributed by atoms with E-state index in [1.807, 2.05) is 6.08 Å². The van der Waals surface area contributed by atoms with Crippen LogP contribution in [0.1, 0.15) is 12.8 Å². The van der Waals surface area contributed by atoms with Gasteiger partial charge in [-0.15, -0.1) is 0 Å². The highest BCUT2D eigenvalue weighted by Gasteiger charge is 2.32. The van der Waals surface area contributed by atoms with Gasteiger partial charge in [0, 0.05) is 24.4 Å². The van der Waals surface area contributed by atoms with Crippen LogP contribution in [0.5, 0.6) is 0 Å². The van der Waals surface area contributed by atoms with Crippen LogP contribution in [-0.2, 0) is 4.79 Å². The molecule has 0 aromatic rings. The second kappa shape index (κ2) is 4.56. The standard InChI is InChI=1S/C16H17N3O/c20-15-3-1-2-14-16(15)12-10-19(9-6-13(12)18-14)11-4-7-17-8-5-11/h1-3,6,9,11,17H,4-5,7-8,10H2. The fourth-order valence-corrected chi connectivity index (χ4v) is 3.33. The van der Waals surface area contributed by atoms with Crippen molar-refractivity contribution in [2.45, 2.75) is 18.9 Å². The summed E-state index contributed by atoms with van der Waals surface area (Å²) < 4.78 is 0. The summed E-state index contributed by atoms with van der Waals surface area (Å²) in [5.41, 5.74) is 3.71. The molecule has 1 saturated heterocycles. The Bertz CT molecular complexity index is 616. The van der Waals surface area contributed by atoms with E-state index in [0.29, 0.717) is 6.04 Å². The topological polar surface area (TPSA) is 44.7 Å². The zero-order valence-corrected chi connectivity index (χ0v) is 11.3. The second-order valence-electron chi connectivity index (χ2n) is 5.60. The normalized spacial score (nSPS) is 25.6. The summed E-state index contributed by atoms with van der Waals surface area (Å²) in [5, 5.41) is 3.39. The number of aliphatic imine (C=N–C) groups is 1. The minimum Gasteiger partial charge on any atom is -0.370 e. The van der Waals surface area contributed by atoms with Crippen LogP contribution in [-0.4, -0.2) is 42.1 Å². The maximum absolute atomic E-state index is 12.1. The number of ketones is 1. The highest BCUT2D eigenvalue weighted by atomic mass is 16.1. The number of nitrogens with zero attached hydrogens (tertiary/aromatic N) is 2. The number of rotatable bonds is 1. The molecule has 20 heavy (non-hydrogen) atoms. The Morgan fingerprint density at radius 1 is 1.25 bits per heavy atom. The molecule has 1 aliphatic carbocycles. The van der Waals surface area contributed by atoms with Gasteiger partial charge in [0.2, 0.25) is 0 Å². The number of carbonyl (C=O) groups excluding carboxylic acids is 1. The molecule has 4 nitrogen and oxygen atoms in total. The number of nitrogens with one attached hydrogen (secondary N) is 1. The van der Waals surface area contributed by atoms with Crippen molar-refractivity contribution in [1.29, 1.82) is 0 Å². The molecule has 102 valence electrons. The van der Waals surface area contributed by atoms with E-state index in [1.165, 1.54) is 0 Å². The Hall–Kier alpha value is -1.94. The molecule has 3 heterocycles. The first kappa shape index (κ1) is 11.9. The number of fused-ring (bicyclic) bond motifs is 2. The van der Waals surface area contributed by atoms with Crippen molar-refractivity contribution in [1.82, 2.24) is 10.2 Å². The van der Waals surface area contributed by atoms with Gasteiger partial charge < -0.3 is 10.2 Å². The summed E-state index contributed by atoms with van der Waals surface area (Å²) in [7, 11) is 0. The predicted octanol–water partition coefficient (Wildman–Crippen LogP) is 1.34.